The van der Waals surface area contributed by atoms with Crippen LogP contribution in [0.15, 0.2) is 6.20 Å². The Bertz CT molecular complexity index is 398. The van der Waals surface area contributed by atoms with Crippen molar-refractivity contribution in [1.82, 2.24) is 4.98 Å². The molecule has 0 spiro atoms. The van der Waals surface area contributed by atoms with Gasteiger partial charge < -0.3 is 10.5 Å². The standard InChI is InChI=1S/C8H7F2IN2O2/c1-15-8-4(7(12)14)5(11)3(2-13-8)6(9)10/h2,6H,1H3,(H2,12,14). The molecule has 15 heavy (non-hydrogen) atoms. The van der Waals surface area contributed by atoms with E-state index in [1.54, 1.807) is 22.6 Å². The molecular weight excluding hydrogens is 321 g/mol. The molecule has 1 rings (SSSR count). The van der Waals surface area contributed by atoms with Gasteiger partial charge >= 0.3 is 0 Å². The number of rotatable bonds is 3. The molecule has 1 aromatic heterocycles. The van der Waals surface area contributed by atoms with Crippen LogP contribution in [0.3, 0.4) is 0 Å². The van der Waals surface area contributed by atoms with E-state index >= 15 is 0 Å². The first-order valence-electron chi connectivity index (χ1n) is 3.79. The summed E-state index contributed by atoms with van der Waals surface area (Å²) in [5.74, 6) is -0.887. The van der Waals surface area contributed by atoms with E-state index < -0.39 is 12.3 Å². The number of ether oxygens (including phenoxy) is 1. The van der Waals surface area contributed by atoms with Gasteiger partial charge in [-0.05, 0) is 22.6 Å². The number of methoxy groups -OCH3 is 1. The van der Waals surface area contributed by atoms with Gasteiger partial charge in [-0.3, -0.25) is 4.79 Å². The number of hydrogen-bond donors (Lipinski definition) is 1. The second-order valence-electron chi connectivity index (χ2n) is 2.58. The Labute approximate surface area is 98.0 Å². The molecule has 0 aromatic carbocycles. The third-order valence-electron chi connectivity index (χ3n) is 1.68. The van der Waals surface area contributed by atoms with Gasteiger partial charge in [-0.1, -0.05) is 0 Å². The summed E-state index contributed by atoms with van der Waals surface area (Å²) in [6.07, 6.45) is -1.73. The lowest BCUT2D eigenvalue weighted by molar-refractivity contribution is 0.0994. The van der Waals surface area contributed by atoms with Crippen LogP contribution in [0.2, 0.25) is 0 Å². The topological polar surface area (TPSA) is 65.2 Å². The van der Waals surface area contributed by atoms with E-state index in [0.717, 1.165) is 6.20 Å². The molecule has 4 nitrogen and oxygen atoms in total. The number of aromatic nitrogens is 1. The number of halogens is 3. The molecule has 0 fully saturated rings. The molecule has 1 aromatic rings. The van der Waals surface area contributed by atoms with Crippen LogP contribution in [0.25, 0.3) is 0 Å². The molecule has 1 amide bonds. The fraction of sp³-hybridized carbons (Fsp3) is 0.250. The zero-order chi connectivity index (χ0) is 11.6. The van der Waals surface area contributed by atoms with Crippen LogP contribution in [0.1, 0.15) is 22.3 Å². The molecule has 0 aliphatic rings. The second kappa shape index (κ2) is 4.69. The molecule has 0 unspecified atom stereocenters. The van der Waals surface area contributed by atoms with Gasteiger partial charge in [0.05, 0.1) is 12.7 Å². The summed E-state index contributed by atoms with van der Waals surface area (Å²) in [6, 6.07) is 0. The molecule has 0 atom stereocenters. The van der Waals surface area contributed by atoms with Gasteiger partial charge in [0.15, 0.2) is 0 Å². The summed E-state index contributed by atoms with van der Waals surface area (Å²) in [5, 5.41) is 0. The minimum absolute atomic E-state index is 0.0451. The third kappa shape index (κ3) is 2.33. The summed E-state index contributed by atoms with van der Waals surface area (Å²) in [5.41, 5.74) is 4.61. The zero-order valence-corrected chi connectivity index (χ0v) is 9.79. The Morgan fingerprint density at radius 2 is 2.27 bits per heavy atom. The number of carbonyl (C=O) groups excluding carboxylic acids is 1. The molecule has 0 aliphatic heterocycles. The van der Waals surface area contributed by atoms with E-state index in [4.69, 9.17) is 10.5 Å². The fourth-order valence-corrected chi connectivity index (χ4v) is 1.88. The SMILES string of the molecule is COc1ncc(C(F)F)c(I)c1C(N)=O. The number of nitrogens with zero attached hydrogens (tertiary/aromatic N) is 1. The van der Waals surface area contributed by atoms with Crippen molar-refractivity contribution in [2.45, 2.75) is 6.43 Å². The van der Waals surface area contributed by atoms with Gasteiger partial charge in [0.25, 0.3) is 12.3 Å². The Balaban J connectivity index is 3.42. The van der Waals surface area contributed by atoms with Crippen LogP contribution >= 0.6 is 22.6 Å². The first kappa shape index (κ1) is 12.1. The highest BCUT2D eigenvalue weighted by Gasteiger charge is 2.22. The molecule has 0 bridgehead atoms. The summed E-state index contributed by atoms with van der Waals surface area (Å²) >= 11 is 1.62. The summed E-state index contributed by atoms with van der Waals surface area (Å²) in [6.45, 7) is 0. The van der Waals surface area contributed by atoms with Crippen molar-refractivity contribution in [2.24, 2.45) is 5.73 Å². The Kier molecular flexibility index (Phi) is 3.77. The minimum atomic E-state index is -2.70. The molecule has 0 aliphatic carbocycles. The van der Waals surface area contributed by atoms with Crippen molar-refractivity contribution in [3.05, 3.63) is 20.9 Å². The van der Waals surface area contributed by atoms with Crippen molar-refractivity contribution in [3.63, 3.8) is 0 Å². The quantitative estimate of drug-likeness (QED) is 0.860. The highest BCUT2D eigenvalue weighted by molar-refractivity contribution is 14.1. The monoisotopic (exact) mass is 328 g/mol. The number of hydrogen-bond acceptors (Lipinski definition) is 3. The Morgan fingerprint density at radius 1 is 1.67 bits per heavy atom. The minimum Gasteiger partial charge on any atom is -0.480 e. The van der Waals surface area contributed by atoms with Gasteiger partial charge in [0.1, 0.15) is 5.56 Å². The zero-order valence-electron chi connectivity index (χ0n) is 7.63. The third-order valence-corrected chi connectivity index (χ3v) is 2.84. The molecule has 0 saturated carbocycles. The molecule has 0 saturated heterocycles. The van der Waals surface area contributed by atoms with Crippen LogP contribution < -0.4 is 10.5 Å². The Hall–Kier alpha value is -0.990. The van der Waals surface area contributed by atoms with E-state index in [-0.39, 0.29) is 20.6 Å². The number of pyridine rings is 1. The summed E-state index contributed by atoms with van der Waals surface area (Å²) < 4.78 is 29.8. The lowest BCUT2D eigenvalue weighted by atomic mass is 10.2. The van der Waals surface area contributed by atoms with Crippen molar-refractivity contribution >= 4 is 28.5 Å². The van der Waals surface area contributed by atoms with E-state index in [2.05, 4.69) is 4.98 Å². The maximum atomic E-state index is 12.5. The van der Waals surface area contributed by atoms with Crippen LogP contribution in [0.5, 0.6) is 5.88 Å². The molecule has 82 valence electrons. The lowest BCUT2D eigenvalue weighted by Gasteiger charge is -2.09. The average Bonchev–Trinajstić information content (AvgIpc) is 2.15. The van der Waals surface area contributed by atoms with Crippen molar-refractivity contribution in [3.8, 4) is 5.88 Å². The smallest absolute Gasteiger partial charge is 0.266 e. The number of primary amides is 1. The molecular formula is C8H7F2IN2O2. The first-order chi connectivity index (χ1) is 6.99. The van der Waals surface area contributed by atoms with Crippen molar-refractivity contribution in [2.75, 3.05) is 7.11 Å². The largest absolute Gasteiger partial charge is 0.480 e. The van der Waals surface area contributed by atoms with Gasteiger partial charge in [0.2, 0.25) is 5.88 Å². The van der Waals surface area contributed by atoms with Crippen LogP contribution in [0, 0.1) is 3.57 Å². The predicted molar refractivity (Wildman–Crippen MR) is 57.0 cm³/mol. The maximum Gasteiger partial charge on any atom is 0.266 e. The van der Waals surface area contributed by atoms with E-state index in [9.17, 15) is 13.6 Å². The van der Waals surface area contributed by atoms with E-state index in [1.165, 1.54) is 7.11 Å². The first-order valence-corrected chi connectivity index (χ1v) is 4.87. The summed E-state index contributed by atoms with van der Waals surface area (Å²) in [4.78, 5) is 14.6. The van der Waals surface area contributed by atoms with Crippen LogP contribution in [0.4, 0.5) is 8.78 Å². The molecule has 2 N–H and O–H groups in total. The normalized spacial score (nSPS) is 10.5. The highest BCUT2D eigenvalue weighted by atomic mass is 127. The van der Waals surface area contributed by atoms with Crippen LogP contribution in [-0.2, 0) is 0 Å². The molecule has 1 heterocycles. The maximum absolute atomic E-state index is 12.5. The number of carbonyl (C=O) groups is 1. The highest BCUT2D eigenvalue weighted by Crippen LogP contribution is 2.30. The Morgan fingerprint density at radius 3 is 2.67 bits per heavy atom. The number of nitrogens with two attached hydrogens (primary N) is 1. The fourth-order valence-electron chi connectivity index (χ4n) is 1.01. The van der Waals surface area contributed by atoms with Crippen molar-refractivity contribution in [1.29, 1.82) is 0 Å². The number of alkyl halides is 2. The van der Waals surface area contributed by atoms with E-state index in [1.807, 2.05) is 0 Å². The van der Waals surface area contributed by atoms with Gasteiger partial charge in [0, 0.05) is 9.77 Å². The van der Waals surface area contributed by atoms with Crippen LogP contribution in [-0.4, -0.2) is 18.0 Å². The molecule has 7 heteroatoms. The van der Waals surface area contributed by atoms with E-state index in [0.29, 0.717) is 0 Å². The second-order valence-corrected chi connectivity index (χ2v) is 3.66. The molecule has 0 radical (unpaired) electrons. The van der Waals surface area contributed by atoms with Gasteiger partial charge in [-0.25, -0.2) is 13.8 Å². The van der Waals surface area contributed by atoms with Gasteiger partial charge in [-0.15, -0.1) is 0 Å². The van der Waals surface area contributed by atoms with Crippen molar-refractivity contribution < 1.29 is 18.3 Å². The summed E-state index contributed by atoms with van der Waals surface area (Å²) in [7, 11) is 1.28. The predicted octanol–water partition coefficient (Wildman–Crippen LogP) is 1.73. The lowest BCUT2D eigenvalue weighted by Crippen LogP contribution is -2.16. The van der Waals surface area contributed by atoms with Gasteiger partial charge in [-0.2, -0.15) is 0 Å². The average molecular weight is 328 g/mol. The number of amides is 1.